The van der Waals surface area contributed by atoms with Crippen molar-refractivity contribution in [2.45, 2.75) is 52.5 Å². The van der Waals surface area contributed by atoms with Crippen LogP contribution in [0.4, 0.5) is 0 Å². The second kappa shape index (κ2) is 9.88. The van der Waals surface area contributed by atoms with Crippen molar-refractivity contribution in [3.63, 3.8) is 0 Å². The van der Waals surface area contributed by atoms with Crippen LogP contribution >= 0.6 is 0 Å². The Hall–Kier alpha value is -1.10. The molecule has 0 aliphatic rings. The molecule has 1 amide bonds. The molecular formula is C13H26N2O3. The highest BCUT2D eigenvalue weighted by Gasteiger charge is 2.20. The molecule has 0 saturated heterocycles. The van der Waals surface area contributed by atoms with Crippen molar-refractivity contribution in [2.24, 2.45) is 0 Å². The van der Waals surface area contributed by atoms with Crippen LogP contribution in [0.3, 0.4) is 0 Å². The van der Waals surface area contributed by atoms with E-state index in [0.717, 1.165) is 38.8 Å². The average Bonchev–Trinajstić information content (AvgIpc) is 2.35. The van der Waals surface area contributed by atoms with Crippen LogP contribution in [0.2, 0.25) is 0 Å². The van der Waals surface area contributed by atoms with E-state index in [2.05, 4.69) is 24.1 Å². The van der Waals surface area contributed by atoms with Gasteiger partial charge in [-0.3, -0.25) is 14.5 Å². The lowest BCUT2D eigenvalue weighted by Gasteiger charge is -2.27. The van der Waals surface area contributed by atoms with Gasteiger partial charge in [-0.15, -0.1) is 0 Å². The van der Waals surface area contributed by atoms with E-state index >= 15 is 0 Å². The maximum Gasteiger partial charge on any atom is 0.322 e. The van der Waals surface area contributed by atoms with E-state index < -0.39 is 5.97 Å². The third-order valence-electron chi connectivity index (χ3n) is 2.94. The van der Waals surface area contributed by atoms with E-state index in [1.165, 1.54) is 0 Å². The molecule has 0 rings (SSSR count). The average molecular weight is 258 g/mol. The van der Waals surface area contributed by atoms with Gasteiger partial charge in [-0.25, -0.2) is 0 Å². The summed E-state index contributed by atoms with van der Waals surface area (Å²) in [6.07, 6.45) is 4.29. The zero-order valence-electron chi connectivity index (χ0n) is 11.7. The lowest BCUT2D eigenvalue weighted by Crippen LogP contribution is -2.47. The fourth-order valence-corrected chi connectivity index (χ4v) is 1.70. The lowest BCUT2D eigenvalue weighted by atomic mass is 10.2. The summed E-state index contributed by atoms with van der Waals surface area (Å²) in [6, 6.07) is -0.262. The molecule has 0 aliphatic carbocycles. The van der Waals surface area contributed by atoms with E-state index in [1.54, 1.807) is 0 Å². The first-order valence-corrected chi connectivity index (χ1v) is 6.76. The maximum atomic E-state index is 11.8. The molecule has 18 heavy (non-hydrogen) atoms. The number of carboxylic acids is 1. The summed E-state index contributed by atoms with van der Waals surface area (Å²) in [6.45, 7) is 7.54. The van der Waals surface area contributed by atoms with Gasteiger partial charge in [0, 0.05) is 0 Å². The first-order valence-electron chi connectivity index (χ1n) is 6.76. The van der Waals surface area contributed by atoms with Crippen molar-refractivity contribution >= 4 is 11.9 Å². The molecule has 1 atom stereocenters. The fourth-order valence-electron chi connectivity index (χ4n) is 1.70. The Balaban J connectivity index is 4.27. The van der Waals surface area contributed by atoms with Crippen LogP contribution in [-0.4, -0.2) is 47.6 Å². The zero-order chi connectivity index (χ0) is 14.0. The Kier molecular flexibility index (Phi) is 9.28. The molecule has 0 radical (unpaired) electrons. The molecule has 0 aliphatic heterocycles. The van der Waals surface area contributed by atoms with Gasteiger partial charge in [0.25, 0.3) is 0 Å². The van der Waals surface area contributed by atoms with E-state index in [1.807, 2.05) is 6.92 Å². The van der Waals surface area contributed by atoms with E-state index in [0.29, 0.717) is 0 Å². The van der Waals surface area contributed by atoms with Crippen molar-refractivity contribution in [3.05, 3.63) is 0 Å². The minimum Gasteiger partial charge on any atom is -0.480 e. The smallest absolute Gasteiger partial charge is 0.322 e. The number of aliphatic carboxylic acids is 1. The molecule has 1 unspecified atom stereocenters. The van der Waals surface area contributed by atoms with Gasteiger partial charge in [-0.2, -0.15) is 0 Å². The highest BCUT2D eigenvalue weighted by atomic mass is 16.4. The standard InChI is InChI=1S/C13H26N2O3/c1-4-6-8-15(9-7-5-2)11(3)13(18)14-10-12(16)17/h11H,4-10H2,1-3H3,(H,14,18)(H,16,17). The van der Waals surface area contributed by atoms with Crippen LogP contribution in [0.5, 0.6) is 0 Å². The van der Waals surface area contributed by atoms with Gasteiger partial charge in [0.15, 0.2) is 0 Å². The van der Waals surface area contributed by atoms with Crippen LogP contribution in [0, 0.1) is 0 Å². The second-order valence-electron chi connectivity index (χ2n) is 4.53. The number of nitrogens with one attached hydrogen (secondary N) is 1. The van der Waals surface area contributed by atoms with Crippen molar-refractivity contribution in [1.82, 2.24) is 10.2 Å². The van der Waals surface area contributed by atoms with Crippen LogP contribution in [-0.2, 0) is 9.59 Å². The molecule has 0 spiro atoms. The number of unbranched alkanes of at least 4 members (excludes halogenated alkanes) is 2. The third kappa shape index (κ3) is 7.27. The number of nitrogens with zero attached hydrogens (tertiary/aromatic N) is 1. The Morgan fingerprint density at radius 2 is 1.67 bits per heavy atom. The van der Waals surface area contributed by atoms with Gasteiger partial charge in [0.05, 0.1) is 6.04 Å². The predicted molar refractivity (Wildman–Crippen MR) is 71.5 cm³/mol. The number of hydrogen-bond donors (Lipinski definition) is 2. The van der Waals surface area contributed by atoms with Crippen LogP contribution in [0.15, 0.2) is 0 Å². The number of carboxylic acid groups (broad SMARTS) is 1. The predicted octanol–water partition coefficient (Wildman–Crippen LogP) is 1.48. The van der Waals surface area contributed by atoms with E-state index in [4.69, 9.17) is 5.11 Å². The highest BCUT2D eigenvalue weighted by Crippen LogP contribution is 2.05. The molecule has 0 aromatic heterocycles. The largest absolute Gasteiger partial charge is 0.480 e. The number of hydrogen-bond acceptors (Lipinski definition) is 3. The van der Waals surface area contributed by atoms with Crippen molar-refractivity contribution in [2.75, 3.05) is 19.6 Å². The Morgan fingerprint density at radius 3 is 2.06 bits per heavy atom. The second-order valence-corrected chi connectivity index (χ2v) is 4.53. The minimum absolute atomic E-state index is 0.204. The molecule has 0 bridgehead atoms. The molecule has 106 valence electrons. The summed E-state index contributed by atoms with van der Waals surface area (Å²) >= 11 is 0. The molecule has 0 aromatic carbocycles. The number of carbonyl (C=O) groups excluding carboxylic acids is 1. The molecule has 2 N–H and O–H groups in total. The quantitative estimate of drug-likeness (QED) is 0.622. The number of carbonyl (C=O) groups is 2. The van der Waals surface area contributed by atoms with Crippen molar-refractivity contribution < 1.29 is 14.7 Å². The molecule has 0 fully saturated rings. The van der Waals surface area contributed by atoms with Gasteiger partial charge < -0.3 is 10.4 Å². The molecular weight excluding hydrogens is 232 g/mol. The summed E-state index contributed by atoms with van der Waals surface area (Å²) in [5.41, 5.74) is 0. The lowest BCUT2D eigenvalue weighted by molar-refractivity contribution is -0.138. The van der Waals surface area contributed by atoms with Gasteiger partial charge in [0.2, 0.25) is 5.91 Å². The topological polar surface area (TPSA) is 69.6 Å². The molecule has 0 saturated carbocycles. The Morgan fingerprint density at radius 1 is 1.17 bits per heavy atom. The van der Waals surface area contributed by atoms with Gasteiger partial charge in [0.1, 0.15) is 6.54 Å². The molecule has 0 heterocycles. The van der Waals surface area contributed by atoms with Gasteiger partial charge in [-0.05, 0) is 32.9 Å². The molecule has 0 aromatic rings. The molecule has 5 heteroatoms. The minimum atomic E-state index is -1.01. The van der Waals surface area contributed by atoms with E-state index in [-0.39, 0.29) is 18.5 Å². The summed E-state index contributed by atoms with van der Waals surface area (Å²) < 4.78 is 0. The van der Waals surface area contributed by atoms with Gasteiger partial charge >= 0.3 is 5.97 Å². The van der Waals surface area contributed by atoms with Crippen molar-refractivity contribution in [1.29, 1.82) is 0 Å². The van der Waals surface area contributed by atoms with Crippen LogP contribution < -0.4 is 5.32 Å². The summed E-state index contributed by atoms with van der Waals surface area (Å²) in [4.78, 5) is 24.3. The monoisotopic (exact) mass is 258 g/mol. The first-order chi connectivity index (χ1) is 8.52. The van der Waals surface area contributed by atoms with Gasteiger partial charge in [-0.1, -0.05) is 26.7 Å². The Bertz CT molecular complexity index is 249. The summed E-state index contributed by atoms with van der Waals surface area (Å²) in [5, 5.41) is 11.0. The summed E-state index contributed by atoms with van der Waals surface area (Å²) in [5.74, 6) is -1.21. The maximum absolute atomic E-state index is 11.8. The number of amides is 1. The SMILES string of the molecule is CCCCN(CCCC)C(C)C(=O)NCC(=O)O. The normalized spacial score (nSPS) is 12.4. The zero-order valence-corrected chi connectivity index (χ0v) is 11.7. The molecule has 5 nitrogen and oxygen atoms in total. The highest BCUT2D eigenvalue weighted by molar-refractivity contribution is 5.84. The van der Waals surface area contributed by atoms with Crippen molar-refractivity contribution in [3.8, 4) is 0 Å². The Labute approximate surface area is 110 Å². The number of rotatable bonds is 10. The first kappa shape index (κ1) is 16.9. The van der Waals surface area contributed by atoms with Crippen LogP contribution in [0.1, 0.15) is 46.5 Å². The third-order valence-corrected chi connectivity index (χ3v) is 2.94. The fraction of sp³-hybridized carbons (Fsp3) is 0.846. The summed E-state index contributed by atoms with van der Waals surface area (Å²) in [7, 11) is 0. The van der Waals surface area contributed by atoms with E-state index in [9.17, 15) is 9.59 Å². The van der Waals surface area contributed by atoms with Crippen LogP contribution in [0.25, 0.3) is 0 Å².